The van der Waals surface area contributed by atoms with E-state index in [1.807, 2.05) is 0 Å². The molecule has 0 spiro atoms. The zero-order valence-electron chi connectivity index (χ0n) is 2.89. The van der Waals surface area contributed by atoms with Crippen LogP contribution in [0.4, 0.5) is 0 Å². The largest absolute Gasteiger partial charge is 1.00 e. The molecule has 0 atom stereocenters. The summed E-state index contributed by atoms with van der Waals surface area (Å²) in [6, 6.07) is 0. The summed E-state index contributed by atoms with van der Waals surface area (Å²) in [5.74, 6) is 0. The van der Waals surface area contributed by atoms with Gasteiger partial charge in [0.15, 0.2) is 0 Å². The van der Waals surface area contributed by atoms with Gasteiger partial charge in [-0.1, -0.05) is 0 Å². The van der Waals surface area contributed by atoms with Crippen molar-refractivity contribution in [3.8, 4) is 0 Å². The highest BCUT2D eigenvalue weighted by atomic mass is 79.9. The third-order valence-electron chi connectivity index (χ3n) is 0. The van der Waals surface area contributed by atoms with Gasteiger partial charge in [0.25, 0.3) is 0 Å². The molecule has 0 aromatic carbocycles. The maximum absolute atomic E-state index is 0. The second-order valence-electron chi connectivity index (χ2n) is 0. The predicted molar refractivity (Wildman–Crippen MR) is 5.98 cm³/mol. The Morgan fingerprint density at radius 2 is 0.333 bits per heavy atom. The van der Waals surface area contributed by atoms with E-state index < -0.39 is 0 Å². The molecule has 0 bridgehead atoms. The second-order valence-corrected chi connectivity index (χ2v) is 0. The monoisotopic (exact) mass is 413 g/mol. The van der Waals surface area contributed by atoms with Gasteiger partial charge in [-0.25, -0.2) is 0 Å². The summed E-state index contributed by atoms with van der Waals surface area (Å²) in [4.78, 5) is 0. The summed E-state index contributed by atoms with van der Waals surface area (Å²) in [7, 11) is 0. The third-order valence-corrected chi connectivity index (χ3v) is 0. The molecule has 0 saturated carbocycles. The summed E-state index contributed by atoms with van der Waals surface area (Å²) in [6.45, 7) is 0. The van der Waals surface area contributed by atoms with Gasteiger partial charge < -0.3 is 91.1 Å². The first kappa shape index (κ1) is 81.3. The van der Waals surface area contributed by atoms with Crippen molar-refractivity contribution in [2.75, 3.05) is 0 Å². The molecule has 6 heteroatoms. The van der Waals surface area contributed by atoms with Crippen LogP contribution in [-0.2, 0) is 0 Å². The molecular weight excluding hydrogens is 414 g/mol. The topological polar surface area (TPSA) is 36.5 Å². The molecule has 0 saturated heterocycles. The van der Waals surface area contributed by atoms with Gasteiger partial charge in [-0.15, -0.1) is 0 Å². The molecule has 0 unspecified atom stereocenters. The highest BCUT2D eigenvalue weighted by molar-refractivity contribution is 2.13. The molecule has 1 nitrogen and oxygen atoms in total. The molecule has 0 fully saturated rings. The van der Waals surface area contributed by atoms with Crippen molar-refractivity contribution in [3.05, 3.63) is 0 Å². The average molecular weight is 418 g/mol. The lowest BCUT2D eigenvalue weighted by Crippen LogP contribution is -3.00. The molecule has 0 rings (SSSR count). The Kier molecular flexibility index (Phi) is 724. The van der Waals surface area contributed by atoms with E-state index in [4.69, 9.17) is 0 Å². The van der Waals surface area contributed by atoms with Crippen LogP contribution in [0.25, 0.3) is 0 Å². The van der Waals surface area contributed by atoms with Crippen LogP contribution in [0.1, 0.15) is 0 Å². The molecule has 48 valence electrons. The van der Waals surface area contributed by atoms with E-state index in [0.717, 1.165) is 0 Å². The quantitative estimate of drug-likeness (QED) is 0.407. The first-order valence-electron chi connectivity index (χ1n) is 0. The van der Waals surface area contributed by atoms with E-state index in [2.05, 4.69) is 0 Å². The molecule has 0 heterocycles. The Hall–Kier alpha value is 2.36. The van der Waals surface area contributed by atoms with E-state index in [0.29, 0.717) is 0 Å². The molecule has 0 radical (unpaired) electrons. The van der Waals surface area contributed by atoms with Crippen molar-refractivity contribution in [1.29, 1.82) is 0 Å². The summed E-state index contributed by atoms with van der Waals surface area (Å²) in [5, 5.41) is 0. The number of rotatable bonds is 0. The number of hydrogen-bond donors (Lipinski definition) is 1. The van der Waals surface area contributed by atoms with Gasteiger partial charge >= 0.3 is 0 Å². The molecular formula is H4Br5N-4. The van der Waals surface area contributed by atoms with Gasteiger partial charge in [0.2, 0.25) is 0 Å². The fraction of sp³-hybridized carbons (Fsp3) is 0. The Morgan fingerprint density at radius 1 is 0.333 bits per heavy atom. The molecule has 0 aliphatic rings. The van der Waals surface area contributed by atoms with Gasteiger partial charge in [-0.05, 0) is 0 Å². The van der Waals surface area contributed by atoms with Crippen LogP contribution < -0.4 is 91.1 Å². The Labute approximate surface area is 90.1 Å². The van der Waals surface area contributed by atoms with Crippen LogP contribution in [0.3, 0.4) is 0 Å². The predicted octanol–water partition coefficient (Wildman–Crippen LogP) is -14.6. The van der Waals surface area contributed by atoms with Crippen LogP contribution >= 0.6 is 0 Å². The van der Waals surface area contributed by atoms with E-state index in [9.17, 15) is 0 Å². The number of quaternary nitrogens is 1. The van der Waals surface area contributed by atoms with Crippen LogP contribution in [-0.4, -0.2) is 0 Å². The first-order valence-corrected chi connectivity index (χ1v) is 0. The minimum absolute atomic E-state index is 0. The summed E-state index contributed by atoms with van der Waals surface area (Å²) >= 11 is 0. The van der Waals surface area contributed by atoms with E-state index >= 15 is 0 Å². The molecule has 4 N–H and O–H groups in total. The lowest BCUT2D eigenvalue weighted by molar-refractivity contribution is -0.00100. The van der Waals surface area contributed by atoms with Crippen molar-refractivity contribution in [2.45, 2.75) is 0 Å². The van der Waals surface area contributed by atoms with Crippen LogP contribution in [0, 0.1) is 0 Å². The van der Waals surface area contributed by atoms with Crippen molar-refractivity contribution < 1.29 is 84.9 Å². The third kappa shape index (κ3) is 32.8. The maximum Gasteiger partial charge on any atom is -0.369 e. The van der Waals surface area contributed by atoms with E-state index in [1.165, 1.54) is 0 Å². The van der Waals surface area contributed by atoms with Crippen molar-refractivity contribution in [3.63, 3.8) is 0 Å². The lowest BCUT2D eigenvalue weighted by Gasteiger charge is -1.00. The summed E-state index contributed by atoms with van der Waals surface area (Å²) in [6.07, 6.45) is 0. The van der Waals surface area contributed by atoms with Gasteiger partial charge in [0.05, 0.1) is 0 Å². The number of halogens is 5. The van der Waals surface area contributed by atoms with E-state index in [1.54, 1.807) is 0 Å². The Balaban J connectivity index is 0. The van der Waals surface area contributed by atoms with Crippen LogP contribution in [0.15, 0.2) is 0 Å². The fourth-order valence-electron chi connectivity index (χ4n) is 0. The minimum atomic E-state index is 0. The van der Waals surface area contributed by atoms with Gasteiger partial charge in [0, 0.05) is 0 Å². The maximum atomic E-state index is 0. The summed E-state index contributed by atoms with van der Waals surface area (Å²) < 4.78 is 0. The molecule has 6 heavy (non-hydrogen) atoms. The normalized spacial score (nSPS) is 0. The fourth-order valence-corrected chi connectivity index (χ4v) is 0. The Bertz CT molecular complexity index is 3.90. The first-order chi connectivity index (χ1) is 0. The highest BCUT2D eigenvalue weighted by Crippen LogP contribution is -0.481. The second kappa shape index (κ2) is 53.5. The number of hydrogen-bond acceptors (Lipinski definition) is 0. The molecule has 0 aliphatic carbocycles. The molecule has 0 aliphatic heterocycles. The zero-order valence-corrected chi connectivity index (χ0v) is 10.8. The summed E-state index contributed by atoms with van der Waals surface area (Å²) in [5.41, 5.74) is 0. The van der Waals surface area contributed by atoms with Crippen molar-refractivity contribution in [1.82, 2.24) is 6.15 Å². The van der Waals surface area contributed by atoms with Gasteiger partial charge in [-0.2, -0.15) is 0 Å². The van der Waals surface area contributed by atoms with Crippen molar-refractivity contribution >= 4 is 0 Å². The van der Waals surface area contributed by atoms with Gasteiger partial charge in [0.1, 0.15) is 0 Å². The average Bonchev–Trinajstić information content (AvgIpc) is 0. The smallest absolute Gasteiger partial charge is 0.369 e. The van der Waals surface area contributed by atoms with Crippen LogP contribution in [0.5, 0.6) is 0 Å². The molecule has 0 amide bonds. The zero-order chi connectivity index (χ0) is 0. The lowest BCUT2D eigenvalue weighted by atomic mass is 14.0. The van der Waals surface area contributed by atoms with Crippen molar-refractivity contribution in [2.24, 2.45) is 0 Å². The molecule has 0 aromatic rings. The molecule has 0 aromatic heterocycles. The van der Waals surface area contributed by atoms with E-state index in [-0.39, 0.29) is 91.1 Å². The Morgan fingerprint density at radius 3 is 0.333 bits per heavy atom. The highest BCUT2D eigenvalue weighted by Gasteiger charge is -0.369. The SMILES string of the molecule is [Br-].[Br-].[Br-].[Br-].[Br-].[NH4+]. The standard InChI is InChI=1S/5BrH.H3N/h5*1H;1H3/p-4. The minimum Gasteiger partial charge on any atom is -1.00 e. The van der Waals surface area contributed by atoms with Crippen LogP contribution in [0.2, 0.25) is 0 Å². The van der Waals surface area contributed by atoms with Gasteiger partial charge in [-0.3, -0.25) is 0 Å².